The molecule has 0 radical (unpaired) electrons. The Hall–Kier alpha value is -0.0100. The summed E-state index contributed by atoms with van der Waals surface area (Å²) in [5.74, 6) is 2.38. The van der Waals surface area contributed by atoms with Crippen molar-refractivity contribution in [3.05, 3.63) is 21.4 Å². The number of hydrogen-bond donors (Lipinski definition) is 0. The number of thiophene rings is 1. The summed E-state index contributed by atoms with van der Waals surface area (Å²) in [5, 5.41) is 0. The standard InChI is InChI=1S/C10H13ClS/c1-6-3-9(7(2)12-6)10-4-8(10)5-11/h3,8,10H,4-5H2,1-2H3. The Balaban J connectivity index is 2.19. The highest BCUT2D eigenvalue weighted by molar-refractivity contribution is 7.12. The number of halogens is 1. The minimum Gasteiger partial charge on any atom is -0.146 e. The fourth-order valence-electron chi connectivity index (χ4n) is 1.82. The van der Waals surface area contributed by atoms with Crippen LogP contribution in [0.25, 0.3) is 0 Å². The average Bonchev–Trinajstić information content (AvgIpc) is 2.72. The van der Waals surface area contributed by atoms with Crippen LogP contribution in [0, 0.1) is 19.8 Å². The first-order valence-corrected chi connectivity index (χ1v) is 5.70. The smallest absolute Gasteiger partial charge is 0.0257 e. The lowest BCUT2D eigenvalue weighted by atomic mass is 10.1. The first-order chi connectivity index (χ1) is 5.72. The summed E-state index contributed by atoms with van der Waals surface area (Å²) in [6.45, 7) is 4.40. The first kappa shape index (κ1) is 8.58. The van der Waals surface area contributed by atoms with Crippen LogP contribution < -0.4 is 0 Å². The van der Waals surface area contributed by atoms with Crippen molar-refractivity contribution >= 4 is 22.9 Å². The third-order valence-electron chi connectivity index (χ3n) is 2.60. The molecular formula is C10H13ClS. The Morgan fingerprint density at radius 2 is 2.33 bits per heavy atom. The lowest BCUT2D eigenvalue weighted by Gasteiger charge is -1.94. The van der Waals surface area contributed by atoms with Gasteiger partial charge in [-0.15, -0.1) is 22.9 Å². The highest BCUT2D eigenvalue weighted by Crippen LogP contribution is 2.50. The molecule has 1 aromatic rings. The number of rotatable bonds is 2. The lowest BCUT2D eigenvalue weighted by molar-refractivity contribution is 0.921. The number of hydrogen-bond acceptors (Lipinski definition) is 1. The van der Waals surface area contributed by atoms with Crippen molar-refractivity contribution in [1.29, 1.82) is 0 Å². The minimum atomic E-state index is 0.763. The normalized spacial score (nSPS) is 27.6. The monoisotopic (exact) mass is 200 g/mol. The van der Waals surface area contributed by atoms with Gasteiger partial charge >= 0.3 is 0 Å². The molecule has 0 N–H and O–H groups in total. The zero-order chi connectivity index (χ0) is 8.72. The van der Waals surface area contributed by atoms with E-state index in [-0.39, 0.29) is 0 Å². The predicted octanol–water partition coefficient (Wildman–Crippen LogP) is 3.71. The summed E-state index contributed by atoms with van der Waals surface area (Å²) in [6, 6.07) is 2.33. The largest absolute Gasteiger partial charge is 0.146 e. The molecule has 1 aliphatic carbocycles. The van der Waals surface area contributed by atoms with E-state index in [4.69, 9.17) is 11.6 Å². The van der Waals surface area contributed by atoms with Gasteiger partial charge in [0.25, 0.3) is 0 Å². The first-order valence-electron chi connectivity index (χ1n) is 4.35. The van der Waals surface area contributed by atoms with Crippen LogP contribution >= 0.6 is 22.9 Å². The molecule has 1 aromatic heterocycles. The van der Waals surface area contributed by atoms with Crippen molar-refractivity contribution in [2.45, 2.75) is 26.2 Å². The summed E-state index contributed by atoms with van der Waals surface area (Å²) in [5.41, 5.74) is 1.56. The predicted molar refractivity (Wildman–Crippen MR) is 55.4 cm³/mol. The van der Waals surface area contributed by atoms with Gasteiger partial charge in [0.1, 0.15) is 0 Å². The quantitative estimate of drug-likeness (QED) is 0.639. The molecule has 0 amide bonds. The van der Waals surface area contributed by atoms with Gasteiger partial charge in [-0.05, 0) is 43.7 Å². The molecule has 12 heavy (non-hydrogen) atoms. The van der Waals surface area contributed by atoms with Crippen molar-refractivity contribution in [3.8, 4) is 0 Å². The average molecular weight is 201 g/mol. The Morgan fingerprint density at radius 1 is 1.58 bits per heavy atom. The molecule has 2 unspecified atom stereocenters. The van der Waals surface area contributed by atoms with Crippen molar-refractivity contribution in [2.24, 2.45) is 5.92 Å². The van der Waals surface area contributed by atoms with Crippen molar-refractivity contribution < 1.29 is 0 Å². The van der Waals surface area contributed by atoms with E-state index < -0.39 is 0 Å². The number of aryl methyl sites for hydroxylation is 2. The fourth-order valence-corrected chi connectivity index (χ4v) is 3.16. The Morgan fingerprint density at radius 3 is 2.75 bits per heavy atom. The zero-order valence-electron chi connectivity index (χ0n) is 7.43. The second-order valence-electron chi connectivity index (χ2n) is 3.63. The van der Waals surface area contributed by atoms with Gasteiger partial charge in [0, 0.05) is 15.6 Å². The van der Waals surface area contributed by atoms with Crippen LogP contribution in [0.1, 0.15) is 27.7 Å². The van der Waals surface area contributed by atoms with Crippen LogP contribution in [-0.2, 0) is 0 Å². The summed E-state index contributed by atoms with van der Waals surface area (Å²) in [7, 11) is 0. The Labute approximate surface area is 82.6 Å². The van der Waals surface area contributed by atoms with Crippen molar-refractivity contribution in [2.75, 3.05) is 5.88 Å². The molecule has 0 aromatic carbocycles. The van der Waals surface area contributed by atoms with Gasteiger partial charge in [-0.2, -0.15) is 0 Å². The van der Waals surface area contributed by atoms with Gasteiger partial charge in [-0.25, -0.2) is 0 Å². The maximum Gasteiger partial charge on any atom is 0.0257 e. The summed E-state index contributed by atoms with van der Waals surface area (Å²) < 4.78 is 0. The molecule has 1 heterocycles. The minimum absolute atomic E-state index is 0.763. The molecule has 0 saturated heterocycles. The van der Waals surface area contributed by atoms with E-state index in [1.165, 1.54) is 16.2 Å². The lowest BCUT2D eigenvalue weighted by Crippen LogP contribution is -1.83. The molecule has 2 heteroatoms. The Kier molecular flexibility index (Phi) is 2.18. The molecule has 0 nitrogen and oxygen atoms in total. The summed E-state index contributed by atoms with van der Waals surface area (Å²) in [6.07, 6.45) is 1.31. The second-order valence-corrected chi connectivity index (χ2v) is 5.39. The van der Waals surface area contributed by atoms with Gasteiger partial charge in [0.05, 0.1) is 0 Å². The maximum absolute atomic E-state index is 5.81. The van der Waals surface area contributed by atoms with E-state index in [0.29, 0.717) is 0 Å². The van der Waals surface area contributed by atoms with Gasteiger partial charge in [0.2, 0.25) is 0 Å². The highest BCUT2D eigenvalue weighted by Gasteiger charge is 2.38. The molecule has 1 fully saturated rings. The number of alkyl halides is 1. The molecule has 0 bridgehead atoms. The van der Waals surface area contributed by atoms with E-state index in [1.54, 1.807) is 5.56 Å². The maximum atomic E-state index is 5.81. The highest BCUT2D eigenvalue weighted by atomic mass is 35.5. The summed E-state index contributed by atoms with van der Waals surface area (Å²) >= 11 is 7.71. The van der Waals surface area contributed by atoms with E-state index in [0.717, 1.165) is 17.7 Å². The molecule has 2 rings (SSSR count). The van der Waals surface area contributed by atoms with Crippen molar-refractivity contribution in [1.82, 2.24) is 0 Å². The van der Waals surface area contributed by atoms with Crippen LogP contribution in [-0.4, -0.2) is 5.88 Å². The zero-order valence-corrected chi connectivity index (χ0v) is 9.00. The van der Waals surface area contributed by atoms with Gasteiger partial charge < -0.3 is 0 Å². The molecule has 0 aliphatic heterocycles. The van der Waals surface area contributed by atoms with Gasteiger partial charge in [0.15, 0.2) is 0 Å². The fraction of sp³-hybridized carbons (Fsp3) is 0.600. The van der Waals surface area contributed by atoms with Crippen molar-refractivity contribution in [3.63, 3.8) is 0 Å². The molecular weight excluding hydrogens is 188 g/mol. The van der Waals surface area contributed by atoms with Gasteiger partial charge in [-0.3, -0.25) is 0 Å². The SMILES string of the molecule is Cc1cc(C2CC2CCl)c(C)s1. The van der Waals surface area contributed by atoms with E-state index in [9.17, 15) is 0 Å². The van der Waals surface area contributed by atoms with E-state index >= 15 is 0 Å². The van der Waals surface area contributed by atoms with E-state index in [1.807, 2.05) is 11.3 Å². The van der Waals surface area contributed by atoms with E-state index in [2.05, 4.69) is 19.9 Å². The molecule has 66 valence electrons. The van der Waals surface area contributed by atoms with Crippen LogP contribution in [0.4, 0.5) is 0 Å². The Bertz CT molecular complexity index is 290. The second kappa shape index (κ2) is 3.04. The molecule has 0 spiro atoms. The van der Waals surface area contributed by atoms with Crippen LogP contribution in [0.2, 0.25) is 0 Å². The summed E-state index contributed by atoms with van der Waals surface area (Å²) in [4.78, 5) is 2.92. The molecule has 2 atom stereocenters. The third kappa shape index (κ3) is 1.40. The molecule has 1 aliphatic rings. The topological polar surface area (TPSA) is 0 Å². The third-order valence-corrected chi connectivity index (χ3v) is 3.98. The van der Waals surface area contributed by atoms with Crippen LogP contribution in [0.3, 0.4) is 0 Å². The molecule has 1 saturated carbocycles. The van der Waals surface area contributed by atoms with Gasteiger partial charge in [-0.1, -0.05) is 0 Å². The van der Waals surface area contributed by atoms with Crippen LogP contribution in [0.15, 0.2) is 6.07 Å². The van der Waals surface area contributed by atoms with Crippen LogP contribution in [0.5, 0.6) is 0 Å².